The molecule has 2 aromatic carbocycles. The first-order valence-electron chi connectivity index (χ1n) is 7.49. The third kappa shape index (κ3) is 3.79. The van der Waals surface area contributed by atoms with Crippen LogP contribution < -0.4 is 0 Å². The van der Waals surface area contributed by atoms with Crippen LogP contribution in [0.3, 0.4) is 0 Å². The maximum atomic E-state index is 12.9. The molecule has 0 spiro atoms. The second-order valence-corrected chi connectivity index (χ2v) is 6.73. The standard InChI is InChI=1S/C17H8F6N2O2S/c18-16(19,20)13(26)9-1-3-10(4-2-9)14(27)28-12-7-5-11(6-8-12)15(24-25-15)17(21,22)23/h1-8H. The summed E-state index contributed by atoms with van der Waals surface area (Å²) in [6.07, 6.45) is -9.68. The van der Waals surface area contributed by atoms with Crippen molar-refractivity contribution in [1.82, 2.24) is 0 Å². The van der Waals surface area contributed by atoms with Crippen LogP contribution >= 0.6 is 11.8 Å². The molecular formula is C17H8F6N2O2S. The Balaban J connectivity index is 1.69. The van der Waals surface area contributed by atoms with Crippen molar-refractivity contribution in [2.24, 2.45) is 10.2 Å². The Morgan fingerprint density at radius 2 is 1.29 bits per heavy atom. The molecular weight excluding hydrogens is 410 g/mol. The fourth-order valence-corrected chi connectivity index (χ4v) is 3.03. The zero-order valence-corrected chi connectivity index (χ0v) is 14.3. The van der Waals surface area contributed by atoms with Gasteiger partial charge >= 0.3 is 18.0 Å². The molecule has 0 bridgehead atoms. The monoisotopic (exact) mass is 418 g/mol. The van der Waals surface area contributed by atoms with E-state index in [0.29, 0.717) is 16.7 Å². The average molecular weight is 418 g/mol. The van der Waals surface area contributed by atoms with Gasteiger partial charge in [-0.15, -0.1) is 10.2 Å². The summed E-state index contributed by atoms with van der Waals surface area (Å²) in [6.45, 7) is 0. The number of ketones is 1. The summed E-state index contributed by atoms with van der Waals surface area (Å²) in [5, 5.41) is 5.59. The van der Waals surface area contributed by atoms with Crippen molar-refractivity contribution in [3.05, 3.63) is 65.2 Å². The Labute approximate surface area is 157 Å². The van der Waals surface area contributed by atoms with Crippen LogP contribution in [0.15, 0.2) is 63.7 Å². The van der Waals surface area contributed by atoms with Crippen LogP contribution in [-0.2, 0) is 5.66 Å². The van der Waals surface area contributed by atoms with E-state index in [1.807, 2.05) is 0 Å². The van der Waals surface area contributed by atoms with Crippen LogP contribution in [0.25, 0.3) is 0 Å². The summed E-state index contributed by atoms with van der Waals surface area (Å²) in [5.74, 6) is -2.02. The maximum Gasteiger partial charge on any atom is 0.454 e. The zero-order chi connectivity index (χ0) is 20.7. The molecule has 0 saturated heterocycles. The quantitative estimate of drug-likeness (QED) is 0.372. The summed E-state index contributed by atoms with van der Waals surface area (Å²) in [6, 6.07) is 8.79. The minimum atomic E-state index is -5.02. The van der Waals surface area contributed by atoms with E-state index in [4.69, 9.17) is 0 Å². The number of hydrogen-bond donors (Lipinski definition) is 0. The molecule has 1 aliphatic rings. The predicted octanol–water partition coefficient (Wildman–Crippen LogP) is 5.55. The maximum absolute atomic E-state index is 12.9. The number of alkyl halides is 6. The van der Waals surface area contributed by atoms with E-state index >= 15 is 0 Å². The normalized spacial score (nSPS) is 15.4. The van der Waals surface area contributed by atoms with Crippen molar-refractivity contribution >= 4 is 22.7 Å². The van der Waals surface area contributed by atoms with Gasteiger partial charge in [-0.05, 0) is 36.0 Å². The molecule has 0 fully saturated rings. The van der Waals surface area contributed by atoms with Crippen molar-refractivity contribution in [2.75, 3.05) is 0 Å². The van der Waals surface area contributed by atoms with E-state index in [2.05, 4.69) is 10.2 Å². The van der Waals surface area contributed by atoms with Crippen LogP contribution in [-0.4, -0.2) is 23.3 Å². The lowest BCUT2D eigenvalue weighted by atomic mass is 10.0. The van der Waals surface area contributed by atoms with E-state index in [9.17, 15) is 35.9 Å². The average Bonchev–Trinajstić information content (AvgIpc) is 3.43. The number of Topliss-reactive ketones (excluding diaryl/α,β-unsaturated/α-hetero) is 1. The summed E-state index contributed by atoms with van der Waals surface area (Å²) >= 11 is 0.675. The van der Waals surface area contributed by atoms with E-state index < -0.39 is 34.5 Å². The number of hydrogen-bond acceptors (Lipinski definition) is 5. The molecule has 146 valence electrons. The first kappa shape index (κ1) is 20.1. The smallest absolute Gasteiger partial charge is 0.284 e. The summed E-state index contributed by atoms with van der Waals surface area (Å²) in [5.41, 5.74) is -3.31. The van der Waals surface area contributed by atoms with Crippen LogP contribution in [0.2, 0.25) is 0 Å². The van der Waals surface area contributed by atoms with Gasteiger partial charge in [0.2, 0.25) is 5.12 Å². The molecule has 0 radical (unpaired) electrons. The number of benzene rings is 2. The summed E-state index contributed by atoms with van der Waals surface area (Å²) < 4.78 is 75.9. The molecule has 0 saturated carbocycles. The van der Waals surface area contributed by atoms with Crippen LogP contribution in [0.1, 0.15) is 26.3 Å². The van der Waals surface area contributed by atoms with Crippen LogP contribution in [0.5, 0.6) is 0 Å². The third-order valence-electron chi connectivity index (χ3n) is 3.80. The molecule has 4 nitrogen and oxygen atoms in total. The van der Waals surface area contributed by atoms with Gasteiger partial charge in [0.15, 0.2) is 0 Å². The molecule has 0 unspecified atom stereocenters. The molecule has 0 N–H and O–H groups in total. The van der Waals surface area contributed by atoms with Crippen LogP contribution in [0, 0.1) is 0 Å². The molecule has 11 heteroatoms. The van der Waals surface area contributed by atoms with Crippen molar-refractivity contribution in [2.45, 2.75) is 22.9 Å². The molecule has 1 heterocycles. The molecule has 0 aromatic heterocycles. The Morgan fingerprint density at radius 3 is 1.71 bits per heavy atom. The van der Waals surface area contributed by atoms with E-state index in [1.165, 1.54) is 12.1 Å². The first-order chi connectivity index (χ1) is 12.9. The predicted molar refractivity (Wildman–Crippen MR) is 86.0 cm³/mol. The number of rotatable bonds is 4. The number of carbonyl (C=O) groups excluding carboxylic acids is 2. The fraction of sp³-hybridized carbons (Fsp3) is 0.176. The highest BCUT2D eigenvalue weighted by molar-refractivity contribution is 8.14. The number of nitrogens with zero attached hydrogens (tertiary/aromatic N) is 2. The minimum Gasteiger partial charge on any atom is -0.284 e. The van der Waals surface area contributed by atoms with Gasteiger partial charge < -0.3 is 0 Å². The molecule has 0 aliphatic carbocycles. The fourth-order valence-electron chi connectivity index (χ4n) is 2.29. The number of carbonyl (C=O) groups is 2. The Hall–Kier alpha value is -2.69. The summed E-state index contributed by atoms with van der Waals surface area (Å²) in [4.78, 5) is 23.6. The largest absolute Gasteiger partial charge is 0.454 e. The molecule has 3 rings (SSSR count). The topological polar surface area (TPSA) is 58.9 Å². The lowest BCUT2D eigenvalue weighted by Crippen LogP contribution is -2.29. The Kier molecular flexibility index (Phi) is 4.82. The summed E-state index contributed by atoms with van der Waals surface area (Å²) in [7, 11) is 0. The van der Waals surface area contributed by atoms with Gasteiger partial charge in [-0.2, -0.15) is 26.3 Å². The van der Waals surface area contributed by atoms with Gasteiger partial charge in [-0.1, -0.05) is 24.3 Å². The first-order valence-corrected chi connectivity index (χ1v) is 8.31. The minimum absolute atomic E-state index is 0.0340. The lowest BCUT2D eigenvalue weighted by molar-refractivity contribution is -0.166. The van der Waals surface area contributed by atoms with Gasteiger partial charge in [-0.25, -0.2) is 0 Å². The highest BCUT2D eigenvalue weighted by atomic mass is 32.2. The van der Waals surface area contributed by atoms with Crippen LogP contribution in [0.4, 0.5) is 26.3 Å². The zero-order valence-electron chi connectivity index (χ0n) is 13.5. The van der Waals surface area contributed by atoms with Gasteiger partial charge in [0.1, 0.15) is 0 Å². The SMILES string of the molecule is O=C(Sc1ccc(C2(C(F)(F)F)N=N2)cc1)c1ccc(C(=O)C(F)(F)F)cc1. The van der Waals surface area contributed by atoms with Crippen molar-refractivity contribution in [1.29, 1.82) is 0 Å². The van der Waals surface area contributed by atoms with Gasteiger partial charge in [0, 0.05) is 21.6 Å². The number of thioether (sulfide) groups is 1. The third-order valence-corrected chi connectivity index (χ3v) is 4.73. The van der Waals surface area contributed by atoms with E-state index in [1.54, 1.807) is 0 Å². The molecule has 2 aromatic rings. The van der Waals surface area contributed by atoms with Crippen molar-refractivity contribution in [3.63, 3.8) is 0 Å². The Morgan fingerprint density at radius 1 is 0.786 bits per heavy atom. The second kappa shape index (κ2) is 6.73. The molecule has 1 aliphatic heterocycles. The highest BCUT2D eigenvalue weighted by Gasteiger charge is 2.65. The highest BCUT2D eigenvalue weighted by Crippen LogP contribution is 2.52. The Bertz CT molecular complexity index is 944. The van der Waals surface area contributed by atoms with E-state index in [0.717, 1.165) is 36.4 Å². The van der Waals surface area contributed by atoms with Crippen molar-refractivity contribution in [3.8, 4) is 0 Å². The van der Waals surface area contributed by atoms with E-state index in [-0.39, 0.29) is 11.1 Å². The van der Waals surface area contributed by atoms with Gasteiger partial charge in [0.05, 0.1) is 0 Å². The lowest BCUT2D eigenvalue weighted by Gasteiger charge is -2.14. The number of halogens is 6. The van der Waals surface area contributed by atoms with Gasteiger partial charge in [-0.3, -0.25) is 9.59 Å². The second-order valence-electron chi connectivity index (χ2n) is 5.69. The van der Waals surface area contributed by atoms with Gasteiger partial charge in [0.25, 0.3) is 5.78 Å². The molecule has 28 heavy (non-hydrogen) atoms. The molecule has 0 atom stereocenters. The molecule has 0 amide bonds. The van der Waals surface area contributed by atoms with Crippen molar-refractivity contribution < 1.29 is 35.9 Å².